The summed E-state index contributed by atoms with van der Waals surface area (Å²) in [6, 6.07) is 11.6. The van der Waals surface area contributed by atoms with Crippen LogP contribution in [0.25, 0.3) is 0 Å². The van der Waals surface area contributed by atoms with Gasteiger partial charge >= 0.3 is 0 Å². The number of carbonyl (C=O) groups excluding carboxylic acids is 1. The summed E-state index contributed by atoms with van der Waals surface area (Å²) < 4.78 is 0. The zero-order valence-electron chi connectivity index (χ0n) is 10.5. The molecule has 0 saturated carbocycles. The molecule has 0 bridgehead atoms. The first-order valence-electron chi connectivity index (χ1n) is 5.76. The van der Waals surface area contributed by atoms with E-state index >= 15 is 0 Å². The van der Waals surface area contributed by atoms with Gasteiger partial charge in [0.25, 0.3) is 11.6 Å². The maximum atomic E-state index is 12.0. The van der Waals surface area contributed by atoms with Gasteiger partial charge in [-0.05, 0) is 30.3 Å². The zero-order chi connectivity index (χ0) is 15.4. The fourth-order valence-corrected chi connectivity index (χ4v) is 1.82. The lowest BCUT2D eigenvalue weighted by atomic mass is 10.1. The van der Waals surface area contributed by atoms with E-state index < -0.39 is 10.8 Å². The Labute approximate surface area is 124 Å². The molecule has 1 N–H and O–H groups in total. The van der Waals surface area contributed by atoms with Gasteiger partial charge in [-0.15, -0.1) is 0 Å². The Morgan fingerprint density at radius 1 is 1.24 bits per heavy atom. The van der Waals surface area contributed by atoms with E-state index in [1.807, 2.05) is 6.07 Å². The molecule has 104 valence electrons. The minimum Gasteiger partial charge on any atom is -0.321 e. The van der Waals surface area contributed by atoms with Crippen molar-refractivity contribution in [3.05, 3.63) is 68.7 Å². The second-order valence-corrected chi connectivity index (χ2v) is 4.50. The third kappa shape index (κ3) is 3.35. The van der Waals surface area contributed by atoms with E-state index in [0.29, 0.717) is 5.02 Å². The van der Waals surface area contributed by atoms with Crippen LogP contribution in [0.5, 0.6) is 0 Å². The van der Waals surface area contributed by atoms with Crippen LogP contribution in [0.1, 0.15) is 15.9 Å². The minimum absolute atomic E-state index is 0.105. The summed E-state index contributed by atoms with van der Waals surface area (Å²) in [5.74, 6) is -0.483. The average molecular weight is 302 g/mol. The fraction of sp³-hybridized carbons (Fsp3) is 0. The molecule has 0 aliphatic rings. The van der Waals surface area contributed by atoms with Crippen LogP contribution in [-0.2, 0) is 0 Å². The largest absolute Gasteiger partial charge is 0.321 e. The van der Waals surface area contributed by atoms with E-state index in [4.69, 9.17) is 16.9 Å². The molecule has 0 radical (unpaired) electrons. The molecule has 0 fully saturated rings. The third-order valence-electron chi connectivity index (χ3n) is 2.69. The van der Waals surface area contributed by atoms with Crippen molar-refractivity contribution >= 4 is 28.9 Å². The van der Waals surface area contributed by atoms with E-state index in [1.54, 1.807) is 6.07 Å². The lowest BCUT2D eigenvalue weighted by Gasteiger charge is -2.07. The van der Waals surface area contributed by atoms with Crippen LogP contribution in [0.4, 0.5) is 11.4 Å². The summed E-state index contributed by atoms with van der Waals surface area (Å²) in [5, 5.41) is 22.5. The second-order valence-electron chi connectivity index (χ2n) is 4.06. The van der Waals surface area contributed by atoms with Crippen molar-refractivity contribution in [2.45, 2.75) is 0 Å². The summed E-state index contributed by atoms with van der Waals surface area (Å²) in [7, 11) is 0. The van der Waals surface area contributed by atoms with E-state index in [2.05, 4.69) is 5.32 Å². The van der Waals surface area contributed by atoms with Crippen LogP contribution in [0, 0.1) is 21.4 Å². The zero-order valence-corrected chi connectivity index (χ0v) is 11.3. The number of nitro benzene ring substituents is 1. The van der Waals surface area contributed by atoms with Crippen LogP contribution in [0.2, 0.25) is 5.02 Å². The van der Waals surface area contributed by atoms with Gasteiger partial charge in [0.05, 0.1) is 16.2 Å². The van der Waals surface area contributed by atoms with Crippen molar-refractivity contribution in [2.75, 3.05) is 5.32 Å². The van der Waals surface area contributed by atoms with Gasteiger partial charge in [0.1, 0.15) is 6.07 Å². The monoisotopic (exact) mass is 301 g/mol. The van der Waals surface area contributed by atoms with Crippen molar-refractivity contribution in [1.82, 2.24) is 0 Å². The predicted molar refractivity (Wildman–Crippen MR) is 77.2 cm³/mol. The Hall–Kier alpha value is -2.91. The highest BCUT2D eigenvalue weighted by molar-refractivity contribution is 6.31. The van der Waals surface area contributed by atoms with Crippen molar-refractivity contribution in [1.29, 1.82) is 5.26 Å². The van der Waals surface area contributed by atoms with Gasteiger partial charge in [-0.3, -0.25) is 14.9 Å². The average Bonchev–Trinajstić information content (AvgIpc) is 2.47. The van der Waals surface area contributed by atoms with E-state index in [9.17, 15) is 14.9 Å². The molecular formula is C14H8ClN3O3. The van der Waals surface area contributed by atoms with Crippen LogP contribution in [-0.4, -0.2) is 10.8 Å². The van der Waals surface area contributed by atoms with Crippen molar-refractivity contribution in [3.63, 3.8) is 0 Å². The number of nitrogens with one attached hydrogen (secondary N) is 1. The van der Waals surface area contributed by atoms with Gasteiger partial charge in [-0.25, -0.2) is 0 Å². The Balaban J connectivity index is 2.24. The van der Waals surface area contributed by atoms with Gasteiger partial charge in [-0.1, -0.05) is 11.6 Å². The molecule has 0 unspecified atom stereocenters. The first-order valence-corrected chi connectivity index (χ1v) is 6.14. The number of hydrogen-bond donors (Lipinski definition) is 1. The number of nitriles is 1. The Morgan fingerprint density at radius 2 is 1.90 bits per heavy atom. The first-order chi connectivity index (χ1) is 10.0. The summed E-state index contributed by atoms with van der Waals surface area (Å²) in [6.07, 6.45) is 0. The molecule has 7 heteroatoms. The van der Waals surface area contributed by atoms with Crippen LogP contribution in [0.3, 0.4) is 0 Å². The molecule has 2 rings (SSSR count). The Bertz CT molecular complexity index is 751. The van der Waals surface area contributed by atoms with Crippen LogP contribution in [0.15, 0.2) is 42.5 Å². The Morgan fingerprint density at radius 3 is 2.48 bits per heavy atom. The van der Waals surface area contributed by atoms with Crippen molar-refractivity contribution < 1.29 is 9.72 Å². The molecule has 0 aliphatic heterocycles. The smallest absolute Gasteiger partial charge is 0.269 e. The van der Waals surface area contributed by atoms with Gasteiger partial charge in [-0.2, -0.15) is 5.26 Å². The summed E-state index contributed by atoms with van der Waals surface area (Å²) in [4.78, 5) is 22.0. The number of nitrogens with zero attached hydrogens (tertiary/aromatic N) is 2. The topological polar surface area (TPSA) is 96.0 Å². The third-order valence-corrected chi connectivity index (χ3v) is 2.93. The van der Waals surface area contributed by atoms with E-state index in [0.717, 1.165) is 0 Å². The molecule has 2 aromatic carbocycles. The Kier molecular flexibility index (Phi) is 4.16. The molecule has 21 heavy (non-hydrogen) atoms. The molecule has 0 aliphatic carbocycles. The first kappa shape index (κ1) is 14.5. The van der Waals surface area contributed by atoms with Crippen LogP contribution >= 0.6 is 11.6 Å². The maximum Gasteiger partial charge on any atom is 0.269 e. The second kappa shape index (κ2) is 6.03. The summed E-state index contributed by atoms with van der Waals surface area (Å²) in [5.41, 5.74) is 0.694. The lowest BCUT2D eigenvalue weighted by molar-refractivity contribution is -0.384. The van der Waals surface area contributed by atoms with Crippen LogP contribution < -0.4 is 5.32 Å². The standard InChI is InChI=1S/C14H8ClN3O3/c15-11-4-1-10(8-16)13(7-11)17-14(19)9-2-5-12(6-3-9)18(20)21/h1-7H,(H,17,19). The number of nitro groups is 1. The number of amides is 1. The summed E-state index contributed by atoms with van der Waals surface area (Å²) in [6.45, 7) is 0. The number of hydrogen-bond acceptors (Lipinski definition) is 4. The highest BCUT2D eigenvalue weighted by Gasteiger charge is 2.12. The maximum absolute atomic E-state index is 12.0. The normalized spacial score (nSPS) is 9.71. The molecular weight excluding hydrogens is 294 g/mol. The molecule has 0 atom stereocenters. The number of benzene rings is 2. The summed E-state index contributed by atoms with van der Waals surface area (Å²) >= 11 is 5.82. The predicted octanol–water partition coefficient (Wildman–Crippen LogP) is 3.37. The quantitative estimate of drug-likeness (QED) is 0.694. The number of rotatable bonds is 3. The van der Waals surface area contributed by atoms with Crippen molar-refractivity contribution in [2.24, 2.45) is 0 Å². The molecule has 0 saturated heterocycles. The fourth-order valence-electron chi connectivity index (χ4n) is 1.65. The number of non-ortho nitro benzene ring substituents is 1. The SMILES string of the molecule is N#Cc1ccc(Cl)cc1NC(=O)c1ccc([N+](=O)[O-])cc1. The van der Waals surface area contributed by atoms with E-state index in [1.165, 1.54) is 36.4 Å². The lowest BCUT2D eigenvalue weighted by Crippen LogP contribution is -2.12. The molecule has 6 nitrogen and oxygen atoms in total. The number of carbonyl (C=O) groups is 1. The number of anilines is 1. The molecule has 0 aromatic heterocycles. The van der Waals surface area contributed by atoms with Gasteiger partial charge in [0.15, 0.2) is 0 Å². The molecule has 0 heterocycles. The molecule has 0 spiro atoms. The highest BCUT2D eigenvalue weighted by Crippen LogP contribution is 2.21. The van der Waals surface area contributed by atoms with Crippen molar-refractivity contribution in [3.8, 4) is 6.07 Å². The highest BCUT2D eigenvalue weighted by atomic mass is 35.5. The van der Waals surface area contributed by atoms with Gasteiger partial charge < -0.3 is 5.32 Å². The van der Waals surface area contributed by atoms with Gasteiger partial charge in [0.2, 0.25) is 0 Å². The minimum atomic E-state index is -0.549. The van der Waals surface area contributed by atoms with E-state index in [-0.39, 0.29) is 22.5 Å². The number of halogens is 1. The van der Waals surface area contributed by atoms with Gasteiger partial charge in [0, 0.05) is 22.7 Å². The molecule has 2 aromatic rings. The molecule has 1 amide bonds.